The van der Waals surface area contributed by atoms with E-state index in [1.165, 1.54) is 32.7 Å². The Labute approximate surface area is 119 Å². The van der Waals surface area contributed by atoms with Crippen LogP contribution in [0.2, 0.25) is 0 Å². The van der Waals surface area contributed by atoms with Crippen LogP contribution in [0.3, 0.4) is 0 Å². The highest BCUT2D eigenvalue weighted by molar-refractivity contribution is 9.09. The number of rotatable bonds is 5. The second-order valence-electron chi connectivity index (χ2n) is 5.22. The van der Waals surface area contributed by atoms with E-state index >= 15 is 0 Å². The van der Waals surface area contributed by atoms with Crippen molar-refractivity contribution >= 4 is 15.9 Å². The molecule has 0 aliphatic carbocycles. The highest BCUT2D eigenvalue weighted by atomic mass is 79.9. The van der Waals surface area contributed by atoms with Gasteiger partial charge in [-0.15, -0.1) is 0 Å². The van der Waals surface area contributed by atoms with E-state index in [9.17, 15) is 0 Å². The van der Waals surface area contributed by atoms with E-state index in [0.717, 1.165) is 38.1 Å². The van der Waals surface area contributed by atoms with Gasteiger partial charge in [0.1, 0.15) is 0 Å². The van der Waals surface area contributed by atoms with Gasteiger partial charge in [0.05, 0.1) is 12.7 Å². The molecule has 106 valence electrons. The molecule has 18 heavy (non-hydrogen) atoms. The third kappa shape index (κ3) is 4.46. The van der Waals surface area contributed by atoms with Crippen LogP contribution in [0.15, 0.2) is 0 Å². The van der Waals surface area contributed by atoms with Crippen LogP contribution in [0.4, 0.5) is 0 Å². The van der Waals surface area contributed by atoms with Gasteiger partial charge < -0.3 is 4.74 Å². The lowest BCUT2D eigenvalue weighted by Crippen LogP contribution is -2.52. The molecule has 2 rings (SSSR count). The summed E-state index contributed by atoms with van der Waals surface area (Å²) < 4.78 is 5.88. The fourth-order valence-corrected chi connectivity index (χ4v) is 3.28. The molecule has 0 aromatic rings. The Hall–Kier alpha value is 0.320. The summed E-state index contributed by atoms with van der Waals surface area (Å²) in [6, 6.07) is 0. The summed E-state index contributed by atoms with van der Waals surface area (Å²) in [4.78, 5) is 7.59. The Morgan fingerprint density at radius 1 is 1.06 bits per heavy atom. The molecule has 2 saturated heterocycles. The number of ether oxygens (including phenoxy) is 1. The lowest BCUT2D eigenvalue weighted by molar-refractivity contribution is -0.0465. The van der Waals surface area contributed by atoms with Gasteiger partial charge in [0.25, 0.3) is 0 Å². The fraction of sp³-hybridized carbons (Fsp3) is 1.00. The minimum Gasteiger partial charge on any atom is -0.374 e. The normalized spacial score (nSPS) is 28.7. The van der Waals surface area contributed by atoms with Gasteiger partial charge in [-0.25, -0.2) is 0 Å². The van der Waals surface area contributed by atoms with Crippen LogP contribution < -0.4 is 0 Å². The van der Waals surface area contributed by atoms with Crippen molar-refractivity contribution < 1.29 is 4.74 Å². The van der Waals surface area contributed by atoms with E-state index in [1.54, 1.807) is 0 Å². The Morgan fingerprint density at radius 3 is 2.44 bits per heavy atom. The van der Waals surface area contributed by atoms with Gasteiger partial charge in [0.15, 0.2) is 0 Å². The summed E-state index contributed by atoms with van der Waals surface area (Å²) in [5, 5.41) is 1.09. The molecule has 0 aromatic carbocycles. The van der Waals surface area contributed by atoms with Gasteiger partial charge in [0.2, 0.25) is 0 Å². The molecule has 0 bridgehead atoms. The molecule has 0 N–H and O–H groups in total. The highest BCUT2D eigenvalue weighted by Gasteiger charge is 2.24. The first-order valence-corrected chi connectivity index (χ1v) is 8.28. The first-order chi connectivity index (χ1) is 8.81. The maximum absolute atomic E-state index is 5.88. The Balaban J connectivity index is 1.67. The fourth-order valence-electron chi connectivity index (χ4n) is 2.78. The van der Waals surface area contributed by atoms with E-state index in [4.69, 9.17) is 4.74 Å². The van der Waals surface area contributed by atoms with Crippen molar-refractivity contribution in [2.75, 3.05) is 70.8 Å². The van der Waals surface area contributed by atoms with E-state index in [0.29, 0.717) is 6.10 Å². The van der Waals surface area contributed by atoms with Crippen molar-refractivity contribution in [3.63, 3.8) is 0 Å². The van der Waals surface area contributed by atoms with E-state index in [2.05, 4.69) is 37.6 Å². The number of halogens is 1. The zero-order chi connectivity index (χ0) is 12.8. The number of hydrogen-bond acceptors (Lipinski definition) is 4. The van der Waals surface area contributed by atoms with Crippen molar-refractivity contribution in [1.29, 1.82) is 0 Å². The number of alkyl halides is 1. The molecule has 0 spiro atoms. The van der Waals surface area contributed by atoms with Crippen molar-refractivity contribution in [2.24, 2.45) is 0 Å². The molecule has 0 radical (unpaired) electrons. The molecule has 0 saturated carbocycles. The molecule has 0 amide bonds. The Bertz CT molecular complexity index is 234. The summed E-state index contributed by atoms with van der Waals surface area (Å²) in [5.74, 6) is 0. The Kier molecular flexibility index (Phi) is 6.38. The SMILES string of the molecule is CCN1CCOC(CN2CCN(CCBr)CC2)C1. The van der Waals surface area contributed by atoms with Crippen molar-refractivity contribution in [1.82, 2.24) is 14.7 Å². The number of piperazine rings is 1. The molecule has 5 heteroatoms. The van der Waals surface area contributed by atoms with Gasteiger partial charge in [0, 0.05) is 57.7 Å². The first kappa shape index (κ1) is 14.7. The molecule has 1 atom stereocenters. The van der Waals surface area contributed by atoms with Gasteiger partial charge in [-0.1, -0.05) is 22.9 Å². The molecule has 2 aliphatic heterocycles. The third-order valence-electron chi connectivity index (χ3n) is 4.00. The quantitative estimate of drug-likeness (QED) is 0.695. The molecule has 4 nitrogen and oxygen atoms in total. The van der Waals surface area contributed by atoms with E-state index in [-0.39, 0.29) is 0 Å². The topological polar surface area (TPSA) is 19.0 Å². The molecule has 2 aliphatic rings. The predicted molar refractivity (Wildman–Crippen MR) is 78.5 cm³/mol. The van der Waals surface area contributed by atoms with Crippen LogP contribution in [0, 0.1) is 0 Å². The predicted octanol–water partition coefficient (Wildman–Crippen LogP) is 0.720. The van der Waals surface area contributed by atoms with Gasteiger partial charge in [-0.2, -0.15) is 0 Å². The first-order valence-electron chi connectivity index (χ1n) is 7.16. The maximum Gasteiger partial charge on any atom is 0.0829 e. The minimum atomic E-state index is 0.418. The third-order valence-corrected chi connectivity index (χ3v) is 4.35. The van der Waals surface area contributed by atoms with Crippen LogP contribution in [0.25, 0.3) is 0 Å². The second-order valence-corrected chi connectivity index (χ2v) is 6.01. The molecule has 2 heterocycles. The van der Waals surface area contributed by atoms with Gasteiger partial charge >= 0.3 is 0 Å². The number of morpholine rings is 1. The smallest absolute Gasteiger partial charge is 0.0829 e. The monoisotopic (exact) mass is 319 g/mol. The standard InChI is InChI=1S/C13H26BrN3O/c1-2-15-9-10-18-13(11-15)12-17-7-5-16(4-3-14)6-8-17/h13H,2-12H2,1H3. The summed E-state index contributed by atoms with van der Waals surface area (Å²) >= 11 is 3.51. The largest absolute Gasteiger partial charge is 0.374 e. The molecular weight excluding hydrogens is 294 g/mol. The molecule has 1 unspecified atom stereocenters. The zero-order valence-corrected chi connectivity index (χ0v) is 13.1. The number of likely N-dealkylation sites (N-methyl/N-ethyl adjacent to an activating group) is 1. The van der Waals surface area contributed by atoms with Crippen LogP contribution in [0.1, 0.15) is 6.92 Å². The summed E-state index contributed by atoms with van der Waals surface area (Å²) in [5.41, 5.74) is 0. The lowest BCUT2D eigenvalue weighted by atomic mass is 10.2. The molecule has 2 fully saturated rings. The van der Waals surface area contributed by atoms with Gasteiger partial charge in [-0.05, 0) is 6.54 Å². The number of nitrogens with zero attached hydrogens (tertiary/aromatic N) is 3. The van der Waals surface area contributed by atoms with Crippen LogP contribution in [-0.4, -0.2) is 91.6 Å². The van der Waals surface area contributed by atoms with Crippen molar-refractivity contribution in [3.8, 4) is 0 Å². The van der Waals surface area contributed by atoms with Crippen molar-refractivity contribution in [2.45, 2.75) is 13.0 Å². The summed E-state index contributed by atoms with van der Waals surface area (Å²) in [6.07, 6.45) is 0.418. The summed E-state index contributed by atoms with van der Waals surface area (Å²) in [6.45, 7) is 13.6. The van der Waals surface area contributed by atoms with Crippen LogP contribution >= 0.6 is 15.9 Å². The van der Waals surface area contributed by atoms with E-state index in [1.807, 2.05) is 0 Å². The van der Waals surface area contributed by atoms with E-state index < -0.39 is 0 Å². The van der Waals surface area contributed by atoms with Crippen LogP contribution in [0.5, 0.6) is 0 Å². The maximum atomic E-state index is 5.88. The average Bonchev–Trinajstić information content (AvgIpc) is 2.42. The lowest BCUT2D eigenvalue weighted by Gasteiger charge is -2.39. The molecular formula is C13H26BrN3O. The number of hydrogen-bond donors (Lipinski definition) is 0. The van der Waals surface area contributed by atoms with Gasteiger partial charge in [-0.3, -0.25) is 14.7 Å². The molecule has 0 aromatic heterocycles. The summed E-state index contributed by atoms with van der Waals surface area (Å²) in [7, 11) is 0. The Morgan fingerprint density at radius 2 is 1.78 bits per heavy atom. The van der Waals surface area contributed by atoms with Crippen LogP contribution in [-0.2, 0) is 4.74 Å². The minimum absolute atomic E-state index is 0.418. The zero-order valence-electron chi connectivity index (χ0n) is 11.5. The van der Waals surface area contributed by atoms with Crippen molar-refractivity contribution in [3.05, 3.63) is 0 Å². The second kappa shape index (κ2) is 7.80. The average molecular weight is 320 g/mol. The highest BCUT2D eigenvalue weighted by Crippen LogP contribution is 2.09.